The molecule has 0 aliphatic heterocycles. The Labute approximate surface area is 74.7 Å². The van der Waals surface area contributed by atoms with Gasteiger partial charge in [0.05, 0.1) is 18.5 Å². The molecule has 0 bridgehead atoms. The Morgan fingerprint density at radius 3 is 2.92 bits per heavy atom. The Kier molecular flexibility index (Phi) is 3.33. The van der Waals surface area contributed by atoms with Crippen LogP contribution in [0.3, 0.4) is 0 Å². The van der Waals surface area contributed by atoms with E-state index in [0.29, 0.717) is 5.69 Å². The summed E-state index contributed by atoms with van der Waals surface area (Å²) in [6, 6.07) is 2.66. The highest BCUT2D eigenvalue weighted by molar-refractivity contribution is 5.99. The van der Waals surface area contributed by atoms with E-state index in [-0.39, 0.29) is 12.3 Å². The fraction of sp³-hybridized carbons (Fsp3) is 0.250. The quantitative estimate of drug-likeness (QED) is 0.434. The molecule has 0 unspecified atom stereocenters. The van der Waals surface area contributed by atoms with Crippen molar-refractivity contribution < 1.29 is 14.3 Å². The van der Waals surface area contributed by atoms with Gasteiger partial charge in [0.25, 0.3) is 0 Å². The number of rotatable bonds is 3. The lowest BCUT2D eigenvalue weighted by molar-refractivity contribution is 0.237. The number of pyridine rings is 1. The fourth-order valence-electron chi connectivity index (χ4n) is 0.837. The van der Waals surface area contributed by atoms with E-state index in [1.165, 1.54) is 19.2 Å². The molecule has 0 atom stereocenters. The minimum Gasteiger partial charge on any atom is -0.411 e. The van der Waals surface area contributed by atoms with Crippen LogP contribution in [0.2, 0.25) is 0 Å². The van der Waals surface area contributed by atoms with Gasteiger partial charge in [0.15, 0.2) is 0 Å². The van der Waals surface area contributed by atoms with Crippen molar-refractivity contribution in [1.82, 2.24) is 4.98 Å². The van der Waals surface area contributed by atoms with E-state index in [1.807, 2.05) is 0 Å². The largest absolute Gasteiger partial charge is 0.411 e. The molecule has 1 N–H and O–H groups in total. The minimum absolute atomic E-state index is 0.134. The molecule has 0 saturated carbocycles. The molecule has 0 amide bonds. The molecule has 0 aromatic carbocycles. The van der Waals surface area contributed by atoms with E-state index in [9.17, 15) is 4.39 Å². The van der Waals surface area contributed by atoms with Crippen molar-refractivity contribution in [2.24, 2.45) is 5.16 Å². The summed E-state index contributed by atoms with van der Waals surface area (Å²) in [7, 11) is 1.47. The molecule has 0 radical (unpaired) electrons. The summed E-state index contributed by atoms with van der Waals surface area (Å²) in [4.78, 5) is 3.72. The number of aromatic nitrogens is 1. The first-order chi connectivity index (χ1) is 6.27. The number of hydrogen-bond donors (Lipinski definition) is 1. The van der Waals surface area contributed by atoms with Gasteiger partial charge in [-0.25, -0.2) is 4.39 Å². The maximum absolute atomic E-state index is 12.4. The number of hydrogen-bond acceptors (Lipinski definition) is 4. The minimum atomic E-state index is -0.432. The summed E-state index contributed by atoms with van der Waals surface area (Å²) in [6.07, 6.45) is 1.05. The van der Waals surface area contributed by atoms with Gasteiger partial charge in [-0.2, -0.15) is 0 Å². The van der Waals surface area contributed by atoms with Crippen molar-refractivity contribution in [2.75, 3.05) is 13.7 Å². The normalized spacial score (nSPS) is 11.7. The van der Waals surface area contributed by atoms with Gasteiger partial charge in [0.1, 0.15) is 11.5 Å². The molecule has 4 nitrogen and oxygen atoms in total. The molecule has 1 aromatic heterocycles. The van der Waals surface area contributed by atoms with E-state index in [1.54, 1.807) is 0 Å². The molecule has 1 rings (SSSR count). The first-order valence-electron chi connectivity index (χ1n) is 3.59. The van der Waals surface area contributed by atoms with Gasteiger partial charge in [0, 0.05) is 7.11 Å². The molecule has 5 heteroatoms. The van der Waals surface area contributed by atoms with Crippen LogP contribution in [-0.4, -0.2) is 29.6 Å². The SMILES string of the molecule is COC/C(=N/O)c1ccc(F)cn1. The lowest BCUT2D eigenvalue weighted by Crippen LogP contribution is -2.10. The molecule has 0 aliphatic carbocycles. The smallest absolute Gasteiger partial charge is 0.141 e. The first kappa shape index (κ1) is 9.60. The van der Waals surface area contributed by atoms with Crippen LogP contribution in [0, 0.1) is 5.82 Å². The predicted molar refractivity (Wildman–Crippen MR) is 44.4 cm³/mol. The molecular formula is C8H9FN2O2. The van der Waals surface area contributed by atoms with E-state index in [0.717, 1.165) is 6.20 Å². The van der Waals surface area contributed by atoms with Gasteiger partial charge in [0.2, 0.25) is 0 Å². The number of methoxy groups -OCH3 is 1. The average Bonchev–Trinajstić information content (AvgIpc) is 2.16. The van der Waals surface area contributed by atoms with Crippen LogP contribution in [0.15, 0.2) is 23.5 Å². The zero-order chi connectivity index (χ0) is 9.68. The average molecular weight is 184 g/mol. The van der Waals surface area contributed by atoms with Gasteiger partial charge < -0.3 is 9.94 Å². The van der Waals surface area contributed by atoms with Crippen LogP contribution in [0.1, 0.15) is 5.69 Å². The zero-order valence-corrected chi connectivity index (χ0v) is 7.07. The van der Waals surface area contributed by atoms with Gasteiger partial charge >= 0.3 is 0 Å². The van der Waals surface area contributed by atoms with Gasteiger partial charge in [-0.1, -0.05) is 5.16 Å². The van der Waals surface area contributed by atoms with Crippen LogP contribution < -0.4 is 0 Å². The second-order valence-corrected chi connectivity index (χ2v) is 2.34. The lowest BCUT2D eigenvalue weighted by Gasteiger charge is -2.01. The Hall–Kier alpha value is -1.49. The van der Waals surface area contributed by atoms with Crippen LogP contribution >= 0.6 is 0 Å². The van der Waals surface area contributed by atoms with E-state index < -0.39 is 5.82 Å². The Bertz CT molecular complexity index is 298. The van der Waals surface area contributed by atoms with Gasteiger partial charge in [-0.05, 0) is 12.1 Å². The highest BCUT2D eigenvalue weighted by atomic mass is 19.1. The van der Waals surface area contributed by atoms with Crippen molar-refractivity contribution in [3.63, 3.8) is 0 Å². The van der Waals surface area contributed by atoms with E-state index >= 15 is 0 Å². The molecule has 0 fully saturated rings. The van der Waals surface area contributed by atoms with Crippen LogP contribution in [-0.2, 0) is 4.74 Å². The van der Waals surface area contributed by atoms with Crippen molar-refractivity contribution in [2.45, 2.75) is 0 Å². The second kappa shape index (κ2) is 4.51. The summed E-state index contributed by atoms with van der Waals surface area (Å²) in [5.41, 5.74) is 0.660. The van der Waals surface area contributed by atoms with E-state index in [2.05, 4.69) is 10.1 Å². The Morgan fingerprint density at radius 1 is 1.69 bits per heavy atom. The van der Waals surface area contributed by atoms with Crippen molar-refractivity contribution in [1.29, 1.82) is 0 Å². The predicted octanol–water partition coefficient (Wildman–Crippen LogP) is 1.05. The molecule has 0 aliphatic rings. The molecule has 0 spiro atoms. The molecule has 1 aromatic rings. The van der Waals surface area contributed by atoms with Gasteiger partial charge in [-0.3, -0.25) is 4.98 Å². The summed E-state index contributed by atoms with van der Waals surface area (Å²) < 4.78 is 17.2. The van der Waals surface area contributed by atoms with E-state index in [4.69, 9.17) is 9.94 Å². The lowest BCUT2D eigenvalue weighted by atomic mass is 10.2. The summed E-state index contributed by atoms with van der Waals surface area (Å²) in [5, 5.41) is 11.5. The first-order valence-corrected chi connectivity index (χ1v) is 3.59. The third-order valence-corrected chi connectivity index (χ3v) is 1.42. The highest BCUT2D eigenvalue weighted by Crippen LogP contribution is 2.00. The molecular weight excluding hydrogens is 175 g/mol. The number of halogens is 1. The van der Waals surface area contributed by atoms with Crippen molar-refractivity contribution in [3.05, 3.63) is 29.8 Å². The molecule has 13 heavy (non-hydrogen) atoms. The Morgan fingerprint density at radius 2 is 2.46 bits per heavy atom. The summed E-state index contributed by atoms with van der Waals surface area (Å²) >= 11 is 0. The van der Waals surface area contributed by atoms with Crippen LogP contribution in [0.5, 0.6) is 0 Å². The number of nitrogens with zero attached hydrogens (tertiary/aromatic N) is 2. The third-order valence-electron chi connectivity index (χ3n) is 1.42. The Balaban J connectivity index is 2.87. The zero-order valence-electron chi connectivity index (χ0n) is 7.07. The fourth-order valence-corrected chi connectivity index (χ4v) is 0.837. The van der Waals surface area contributed by atoms with Crippen molar-refractivity contribution >= 4 is 5.71 Å². The van der Waals surface area contributed by atoms with Crippen molar-refractivity contribution in [3.8, 4) is 0 Å². The topological polar surface area (TPSA) is 54.7 Å². The number of oxime groups is 1. The standard InChI is InChI=1S/C8H9FN2O2/c1-13-5-8(11-12)7-3-2-6(9)4-10-7/h2-4,12H,5H2,1H3/b11-8-. The number of ether oxygens (including phenoxy) is 1. The van der Waals surface area contributed by atoms with Crippen LogP contribution in [0.4, 0.5) is 4.39 Å². The summed E-state index contributed by atoms with van der Waals surface area (Å²) in [5.74, 6) is -0.432. The highest BCUT2D eigenvalue weighted by Gasteiger charge is 2.04. The molecule has 0 saturated heterocycles. The molecule has 1 heterocycles. The second-order valence-electron chi connectivity index (χ2n) is 2.34. The maximum atomic E-state index is 12.4. The van der Waals surface area contributed by atoms with Gasteiger partial charge in [-0.15, -0.1) is 0 Å². The summed E-state index contributed by atoms with van der Waals surface area (Å²) in [6.45, 7) is 0.134. The maximum Gasteiger partial charge on any atom is 0.141 e. The van der Waals surface area contributed by atoms with Crippen LogP contribution in [0.25, 0.3) is 0 Å². The monoisotopic (exact) mass is 184 g/mol. The molecule has 70 valence electrons. The third kappa shape index (κ3) is 2.48.